The van der Waals surface area contributed by atoms with E-state index in [1.54, 1.807) is 0 Å². The van der Waals surface area contributed by atoms with Crippen molar-refractivity contribution in [3.05, 3.63) is 17.7 Å². The molecule has 0 amide bonds. The van der Waals surface area contributed by atoms with Gasteiger partial charge in [0.2, 0.25) is 0 Å². The fourth-order valence-corrected chi connectivity index (χ4v) is 4.04. The summed E-state index contributed by atoms with van der Waals surface area (Å²) in [5.41, 5.74) is 1.37. The van der Waals surface area contributed by atoms with Crippen LogP contribution in [0.25, 0.3) is 0 Å². The number of halogens is 6. The van der Waals surface area contributed by atoms with Crippen molar-refractivity contribution >= 4 is 11.9 Å². The monoisotopic (exact) mass is 548 g/mol. The van der Waals surface area contributed by atoms with Gasteiger partial charge in [0.15, 0.2) is 0 Å². The number of ether oxygens (including phenoxy) is 2. The van der Waals surface area contributed by atoms with Gasteiger partial charge in [-0.3, -0.25) is 9.80 Å². The Morgan fingerprint density at radius 3 is 1.89 bits per heavy atom. The average Bonchev–Trinajstić information content (AvgIpc) is 3.07. The van der Waals surface area contributed by atoms with Crippen molar-refractivity contribution in [1.82, 2.24) is 19.4 Å². The molecule has 0 bridgehead atoms. The van der Waals surface area contributed by atoms with Crippen molar-refractivity contribution < 1.29 is 55.6 Å². The number of carbonyl (C=O) groups is 2. The lowest BCUT2D eigenvalue weighted by Crippen LogP contribution is -2.41. The van der Waals surface area contributed by atoms with Crippen LogP contribution in [0.2, 0.25) is 0 Å². The molecule has 37 heavy (non-hydrogen) atoms. The van der Waals surface area contributed by atoms with Gasteiger partial charge in [0.1, 0.15) is 5.82 Å². The highest BCUT2D eigenvalue weighted by Crippen LogP contribution is 2.20. The zero-order valence-corrected chi connectivity index (χ0v) is 19.9. The van der Waals surface area contributed by atoms with Crippen molar-refractivity contribution in [3.8, 4) is 0 Å². The van der Waals surface area contributed by atoms with Crippen LogP contribution in [0.3, 0.4) is 0 Å². The molecule has 3 aliphatic heterocycles. The van der Waals surface area contributed by atoms with Gasteiger partial charge < -0.3 is 24.3 Å². The van der Waals surface area contributed by atoms with Gasteiger partial charge in [0, 0.05) is 71.1 Å². The number of aliphatic carboxylic acids is 2. The van der Waals surface area contributed by atoms with Crippen molar-refractivity contribution in [3.63, 3.8) is 0 Å². The Morgan fingerprint density at radius 2 is 1.38 bits per heavy atom. The molecule has 0 atom stereocenters. The number of fused-ring (bicyclic) bond motifs is 1. The second kappa shape index (κ2) is 13.9. The number of rotatable bonds is 3. The van der Waals surface area contributed by atoms with E-state index in [0.29, 0.717) is 6.04 Å². The van der Waals surface area contributed by atoms with E-state index in [1.807, 2.05) is 0 Å². The maximum Gasteiger partial charge on any atom is 0.490 e. The molecule has 4 heterocycles. The van der Waals surface area contributed by atoms with Gasteiger partial charge in [-0.1, -0.05) is 0 Å². The molecule has 10 nitrogen and oxygen atoms in total. The van der Waals surface area contributed by atoms with Crippen LogP contribution in [0.4, 0.5) is 26.3 Å². The summed E-state index contributed by atoms with van der Waals surface area (Å²) in [5.74, 6) is -4.25. The summed E-state index contributed by atoms with van der Waals surface area (Å²) in [6.45, 7) is 10.0. The third kappa shape index (κ3) is 10.5. The zero-order chi connectivity index (χ0) is 27.6. The lowest BCUT2D eigenvalue weighted by atomic mass is 10.1. The van der Waals surface area contributed by atoms with Crippen molar-refractivity contribution in [2.45, 2.75) is 50.7 Å². The lowest BCUT2D eigenvalue weighted by molar-refractivity contribution is -0.193. The molecule has 16 heteroatoms. The van der Waals surface area contributed by atoms with Crippen LogP contribution < -0.4 is 0 Å². The summed E-state index contributed by atoms with van der Waals surface area (Å²) in [7, 11) is 0. The van der Waals surface area contributed by atoms with Crippen LogP contribution in [0, 0.1) is 0 Å². The molecule has 1 aromatic rings. The van der Waals surface area contributed by atoms with Crippen LogP contribution in [0.1, 0.15) is 24.4 Å². The number of alkyl halides is 6. The molecule has 1 aromatic heterocycles. The Labute approximate surface area is 208 Å². The second-order valence-electron chi connectivity index (χ2n) is 8.44. The summed E-state index contributed by atoms with van der Waals surface area (Å²) in [5, 5.41) is 14.2. The van der Waals surface area contributed by atoms with Crippen molar-refractivity contribution in [2.75, 3.05) is 52.6 Å². The fraction of sp³-hybridized carbons (Fsp3) is 0.762. The van der Waals surface area contributed by atoms with Crippen LogP contribution >= 0.6 is 0 Å². The minimum Gasteiger partial charge on any atom is -0.475 e. The van der Waals surface area contributed by atoms with E-state index in [-0.39, 0.29) is 0 Å². The minimum atomic E-state index is -5.08. The Bertz CT molecular complexity index is 843. The van der Waals surface area contributed by atoms with Crippen molar-refractivity contribution in [2.24, 2.45) is 0 Å². The predicted molar refractivity (Wildman–Crippen MR) is 115 cm³/mol. The van der Waals surface area contributed by atoms with Gasteiger partial charge in [-0.25, -0.2) is 14.6 Å². The van der Waals surface area contributed by atoms with Gasteiger partial charge in [0.05, 0.1) is 18.9 Å². The summed E-state index contributed by atoms with van der Waals surface area (Å²) in [4.78, 5) is 27.7. The third-order valence-corrected chi connectivity index (χ3v) is 5.94. The molecule has 2 saturated heterocycles. The van der Waals surface area contributed by atoms with Crippen molar-refractivity contribution in [1.29, 1.82) is 0 Å². The Kier molecular flexibility index (Phi) is 11.6. The molecular formula is C21H30F6N4O6. The number of nitrogens with zero attached hydrogens (tertiary/aromatic N) is 4. The molecule has 0 unspecified atom stereocenters. The number of imidazole rings is 1. The number of morpholine rings is 1. The first-order chi connectivity index (χ1) is 17.3. The SMILES string of the molecule is O=C(O)C(F)(F)F.O=C(O)C(F)(F)F.c1nc2n(c1CN1CCOCC1)CCN(C1CCOCC1)CC2. The highest BCUT2D eigenvalue weighted by Gasteiger charge is 2.38. The lowest BCUT2D eigenvalue weighted by Gasteiger charge is -2.33. The first-order valence-corrected chi connectivity index (χ1v) is 11.5. The molecule has 3 aliphatic rings. The topological polar surface area (TPSA) is 117 Å². The van der Waals surface area contributed by atoms with Gasteiger partial charge in [-0.2, -0.15) is 26.3 Å². The van der Waals surface area contributed by atoms with Crippen LogP contribution in [-0.4, -0.2) is 113 Å². The van der Waals surface area contributed by atoms with E-state index >= 15 is 0 Å². The largest absolute Gasteiger partial charge is 0.490 e. The van der Waals surface area contributed by atoms with Crippen LogP contribution in [0.15, 0.2) is 6.20 Å². The smallest absolute Gasteiger partial charge is 0.475 e. The van der Waals surface area contributed by atoms with Gasteiger partial charge in [0.25, 0.3) is 0 Å². The number of aromatic nitrogens is 2. The summed E-state index contributed by atoms with van der Waals surface area (Å²) in [6, 6.07) is 0.705. The van der Waals surface area contributed by atoms with Gasteiger partial charge in [-0.15, -0.1) is 0 Å². The first kappa shape index (κ1) is 30.8. The molecule has 2 N–H and O–H groups in total. The molecular weight excluding hydrogens is 518 g/mol. The number of carboxylic acid groups (broad SMARTS) is 2. The molecule has 0 aromatic carbocycles. The van der Waals surface area contributed by atoms with E-state index in [2.05, 4.69) is 20.6 Å². The molecule has 2 fully saturated rings. The highest BCUT2D eigenvalue weighted by molar-refractivity contribution is 5.73. The maximum absolute atomic E-state index is 10.6. The number of hydrogen-bond donors (Lipinski definition) is 2. The molecule has 0 aliphatic carbocycles. The summed E-state index contributed by atoms with van der Waals surface area (Å²) < 4.78 is 76.9. The Hall–Kier alpha value is -2.43. The third-order valence-electron chi connectivity index (χ3n) is 5.94. The molecule has 0 spiro atoms. The average molecular weight is 548 g/mol. The molecule has 4 rings (SSSR count). The summed E-state index contributed by atoms with van der Waals surface area (Å²) >= 11 is 0. The first-order valence-electron chi connectivity index (χ1n) is 11.5. The highest BCUT2D eigenvalue weighted by atomic mass is 19.4. The summed E-state index contributed by atoms with van der Waals surface area (Å²) in [6.07, 6.45) is -4.64. The van der Waals surface area contributed by atoms with Gasteiger partial charge >= 0.3 is 24.3 Å². The number of carboxylic acids is 2. The van der Waals surface area contributed by atoms with E-state index < -0.39 is 24.3 Å². The number of hydrogen-bond acceptors (Lipinski definition) is 7. The predicted octanol–water partition coefficient (Wildman–Crippen LogP) is 2.02. The van der Waals surface area contributed by atoms with Gasteiger partial charge in [-0.05, 0) is 12.8 Å². The standard InChI is InChI=1S/C17H28N4O2.2C2HF3O2/c1-4-20(15-2-9-22-10-3-15)5-6-21-16(13-18-17(1)21)14-19-7-11-23-12-8-19;2*3-2(4,5)1(6)7/h13,15H,1-12,14H2;2*(H,6,7). The molecule has 0 saturated carbocycles. The van der Waals surface area contributed by atoms with Crippen LogP contribution in [0.5, 0.6) is 0 Å². The minimum absolute atomic E-state index is 0.705. The Morgan fingerprint density at radius 1 is 0.865 bits per heavy atom. The molecule has 0 radical (unpaired) electrons. The maximum atomic E-state index is 10.6. The van der Waals surface area contributed by atoms with E-state index in [4.69, 9.17) is 34.3 Å². The van der Waals surface area contributed by atoms with E-state index in [9.17, 15) is 26.3 Å². The normalized spacial score (nSPS) is 19.9. The van der Waals surface area contributed by atoms with E-state index in [0.717, 1.165) is 72.1 Å². The van der Waals surface area contributed by atoms with Crippen LogP contribution in [-0.2, 0) is 38.6 Å². The molecule has 212 valence electrons. The zero-order valence-electron chi connectivity index (χ0n) is 19.9. The fourth-order valence-electron chi connectivity index (χ4n) is 4.04. The Balaban J connectivity index is 0.000000286. The van der Waals surface area contributed by atoms with E-state index in [1.165, 1.54) is 24.4 Å². The quantitative estimate of drug-likeness (QED) is 0.547. The second-order valence-corrected chi connectivity index (χ2v) is 8.44.